The van der Waals surface area contributed by atoms with Gasteiger partial charge in [-0.3, -0.25) is 4.79 Å². The van der Waals surface area contributed by atoms with Crippen LogP contribution < -0.4 is 0 Å². The normalized spacial score (nSPS) is 27.9. The molecule has 2 nitrogen and oxygen atoms in total. The first-order chi connectivity index (χ1) is 16.1. The van der Waals surface area contributed by atoms with E-state index < -0.39 is 0 Å². The number of hydrogen-bond acceptors (Lipinski definition) is 2. The number of aryl methyl sites for hydroxylation is 1. The van der Waals surface area contributed by atoms with Gasteiger partial charge in [0.15, 0.2) is 0 Å². The molecule has 2 saturated carbocycles. The third-order valence-corrected chi connectivity index (χ3v) is 8.82. The Balaban J connectivity index is 1.38. The molecule has 0 aliphatic heterocycles. The Kier molecular flexibility index (Phi) is 10.8. The Labute approximate surface area is 204 Å². The van der Waals surface area contributed by atoms with Crippen molar-refractivity contribution in [1.82, 2.24) is 0 Å². The first kappa shape index (κ1) is 26.3. The molecule has 0 aromatic heterocycles. The first-order valence-electron chi connectivity index (χ1n) is 14.3. The molecule has 2 aliphatic rings. The van der Waals surface area contributed by atoms with E-state index in [0.717, 1.165) is 37.0 Å². The van der Waals surface area contributed by atoms with Crippen LogP contribution in [0.3, 0.4) is 0 Å². The maximum Gasteiger partial charge on any atom is 0.311 e. The first-order valence-corrected chi connectivity index (χ1v) is 14.3. The van der Waals surface area contributed by atoms with Crippen molar-refractivity contribution in [3.05, 3.63) is 35.4 Å². The Morgan fingerprint density at radius 2 is 1.42 bits per heavy atom. The second-order valence-corrected chi connectivity index (χ2v) is 11.4. The molecule has 1 aromatic rings. The zero-order chi connectivity index (χ0) is 23.5. The van der Waals surface area contributed by atoms with Crippen LogP contribution in [0.25, 0.3) is 0 Å². The average Bonchev–Trinajstić information content (AvgIpc) is 2.85. The quantitative estimate of drug-likeness (QED) is 0.232. The molecule has 0 atom stereocenters. The van der Waals surface area contributed by atoms with E-state index in [1.807, 2.05) is 0 Å². The highest BCUT2D eigenvalue weighted by Crippen LogP contribution is 2.47. The number of esters is 1. The molecule has 0 saturated heterocycles. The zero-order valence-corrected chi connectivity index (χ0v) is 21.9. The molecule has 186 valence electrons. The van der Waals surface area contributed by atoms with Crippen molar-refractivity contribution < 1.29 is 9.53 Å². The van der Waals surface area contributed by atoms with Crippen LogP contribution in [0.15, 0.2) is 24.3 Å². The fourth-order valence-corrected chi connectivity index (χ4v) is 6.28. The van der Waals surface area contributed by atoms with E-state index in [4.69, 9.17) is 4.74 Å². The van der Waals surface area contributed by atoms with Crippen molar-refractivity contribution in [2.75, 3.05) is 6.61 Å². The van der Waals surface area contributed by atoms with Crippen LogP contribution in [0.4, 0.5) is 0 Å². The summed E-state index contributed by atoms with van der Waals surface area (Å²) < 4.78 is 5.67. The second kappa shape index (κ2) is 13.5. The zero-order valence-electron chi connectivity index (χ0n) is 21.9. The van der Waals surface area contributed by atoms with Gasteiger partial charge in [0.25, 0.3) is 0 Å². The van der Waals surface area contributed by atoms with Gasteiger partial charge in [0.05, 0.1) is 12.0 Å². The van der Waals surface area contributed by atoms with Crippen LogP contribution in [-0.2, 0) is 16.0 Å². The van der Waals surface area contributed by atoms with Gasteiger partial charge >= 0.3 is 5.97 Å². The molecular weight excluding hydrogens is 404 g/mol. The van der Waals surface area contributed by atoms with Crippen molar-refractivity contribution in [1.29, 1.82) is 0 Å². The molecule has 0 amide bonds. The number of ether oxygens (including phenoxy) is 1. The highest BCUT2D eigenvalue weighted by molar-refractivity contribution is 5.76. The van der Waals surface area contributed by atoms with Gasteiger partial charge < -0.3 is 4.74 Å². The van der Waals surface area contributed by atoms with E-state index in [-0.39, 0.29) is 11.4 Å². The van der Waals surface area contributed by atoms with E-state index >= 15 is 0 Å². The molecule has 0 bridgehead atoms. The third-order valence-electron chi connectivity index (χ3n) is 8.82. The van der Waals surface area contributed by atoms with Gasteiger partial charge in [0.1, 0.15) is 0 Å². The Bertz CT molecular complexity index is 675. The lowest BCUT2D eigenvalue weighted by molar-refractivity contribution is -0.158. The summed E-state index contributed by atoms with van der Waals surface area (Å²) in [5, 5.41) is 0. The average molecular weight is 455 g/mol. The standard InChI is InChI=1S/C31H50O2/c1-4-6-8-10-24-33-30(32)31(3)22-20-29(21-23-31)28-18-16-27(17-19-28)26-14-12-25(13-15-26)11-9-7-5-2/h12-15,27-29H,4-11,16-24H2,1-3H3. The van der Waals surface area contributed by atoms with Gasteiger partial charge in [-0.05, 0) is 106 Å². The van der Waals surface area contributed by atoms with Crippen LogP contribution in [0.1, 0.15) is 134 Å². The molecular formula is C31H50O2. The Morgan fingerprint density at radius 1 is 0.818 bits per heavy atom. The minimum Gasteiger partial charge on any atom is -0.465 e. The maximum absolute atomic E-state index is 12.7. The monoisotopic (exact) mass is 454 g/mol. The predicted molar refractivity (Wildman–Crippen MR) is 140 cm³/mol. The van der Waals surface area contributed by atoms with Crippen LogP contribution in [0.2, 0.25) is 0 Å². The van der Waals surface area contributed by atoms with Crippen LogP contribution in [-0.4, -0.2) is 12.6 Å². The molecule has 3 rings (SSSR count). The van der Waals surface area contributed by atoms with Gasteiger partial charge in [-0.25, -0.2) is 0 Å². The van der Waals surface area contributed by atoms with Gasteiger partial charge in [0.2, 0.25) is 0 Å². The molecule has 0 unspecified atom stereocenters. The summed E-state index contributed by atoms with van der Waals surface area (Å²) in [7, 11) is 0. The summed E-state index contributed by atoms with van der Waals surface area (Å²) in [6.07, 6.45) is 19.7. The van der Waals surface area contributed by atoms with Crippen LogP contribution >= 0.6 is 0 Å². The molecule has 0 radical (unpaired) electrons. The lowest BCUT2D eigenvalue weighted by Gasteiger charge is -2.41. The smallest absolute Gasteiger partial charge is 0.311 e. The lowest BCUT2D eigenvalue weighted by Crippen LogP contribution is -2.36. The summed E-state index contributed by atoms with van der Waals surface area (Å²) in [6, 6.07) is 9.57. The van der Waals surface area contributed by atoms with Gasteiger partial charge in [-0.1, -0.05) is 70.2 Å². The number of carbonyl (C=O) groups is 1. The Hall–Kier alpha value is -1.31. The molecule has 0 N–H and O–H groups in total. The number of benzene rings is 1. The minimum atomic E-state index is -0.239. The van der Waals surface area contributed by atoms with Crippen molar-refractivity contribution in [2.24, 2.45) is 17.3 Å². The fraction of sp³-hybridized carbons (Fsp3) is 0.774. The van der Waals surface area contributed by atoms with Crippen molar-refractivity contribution in [2.45, 2.75) is 129 Å². The van der Waals surface area contributed by atoms with Crippen LogP contribution in [0, 0.1) is 17.3 Å². The predicted octanol–water partition coefficient (Wildman–Crippen LogP) is 9.01. The van der Waals surface area contributed by atoms with Crippen molar-refractivity contribution in [3.8, 4) is 0 Å². The van der Waals surface area contributed by atoms with Gasteiger partial charge in [-0.15, -0.1) is 0 Å². The summed E-state index contributed by atoms with van der Waals surface area (Å²) in [5.41, 5.74) is 2.83. The molecule has 33 heavy (non-hydrogen) atoms. The molecule has 2 heteroatoms. The maximum atomic E-state index is 12.7. The van der Waals surface area contributed by atoms with E-state index in [9.17, 15) is 4.79 Å². The molecule has 2 aliphatic carbocycles. The molecule has 2 fully saturated rings. The third kappa shape index (κ3) is 7.86. The summed E-state index contributed by atoms with van der Waals surface area (Å²) in [5.74, 6) is 2.50. The lowest BCUT2D eigenvalue weighted by atomic mass is 9.64. The molecule has 0 heterocycles. The van der Waals surface area contributed by atoms with Gasteiger partial charge in [-0.2, -0.15) is 0 Å². The number of carbonyl (C=O) groups excluding carboxylic acids is 1. The van der Waals surface area contributed by atoms with E-state index in [1.165, 1.54) is 89.0 Å². The van der Waals surface area contributed by atoms with E-state index in [2.05, 4.69) is 45.0 Å². The Morgan fingerprint density at radius 3 is 2.06 bits per heavy atom. The van der Waals surface area contributed by atoms with Crippen molar-refractivity contribution in [3.63, 3.8) is 0 Å². The van der Waals surface area contributed by atoms with E-state index in [1.54, 1.807) is 5.56 Å². The molecule has 1 aromatic carbocycles. The van der Waals surface area contributed by atoms with Crippen molar-refractivity contribution >= 4 is 5.97 Å². The topological polar surface area (TPSA) is 26.3 Å². The van der Waals surface area contributed by atoms with E-state index in [0.29, 0.717) is 6.61 Å². The summed E-state index contributed by atoms with van der Waals surface area (Å²) in [4.78, 5) is 12.7. The summed E-state index contributed by atoms with van der Waals surface area (Å²) >= 11 is 0. The largest absolute Gasteiger partial charge is 0.465 e. The van der Waals surface area contributed by atoms with Crippen LogP contribution in [0.5, 0.6) is 0 Å². The highest BCUT2D eigenvalue weighted by atomic mass is 16.5. The highest BCUT2D eigenvalue weighted by Gasteiger charge is 2.41. The van der Waals surface area contributed by atoms with Gasteiger partial charge in [0, 0.05) is 0 Å². The second-order valence-electron chi connectivity index (χ2n) is 11.4. The molecule has 0 spiro atoms. The minimum absolute atomic E-state index is 0.0688. The SMILES string of the molecule is CCCCCCOC(=O)C1(C)CCC(C2CCC(c3ccc(CCCCC)cc3)CC2)CC1. The summed E-state index contributed by atoms with van der Waals surface area (Å²) in [6.45, 7) is 7.25. The number of rotatable bonds is 12. The number of unbranched alkanes of at least 4 members (excludes halogenated alkanes) is 5. The number of hydrogen-bond donors (Lipinski definition) is 0. The fourth-order valence-electron chi connectivity index (χ4n) is 6.28.